The Morgan fingerprint density at radius 2 is 2.16 bits per heavy atom. The van der Waals surface area contributed by atoms with Crippen LogP contribution in [0.25, 0.3) is 0 Å². The Morgan fingerprint density at radius 1 is 1.42 bits per heavy atom. The molecule has 104 valence electrons. The Hall–Kier alpha value is -1.10. The highest BCUT2D eigenvalue weighted by Gasteiger charge is 2.32. The van der Waals surface area contributed by atoms with Crippen molar-refractivity contribution in [1.29, 1.82) is 0 Å². The van der Waals surface area contributed by atoms with Crippen LogP contribution in [0.15, 0.2) is 22.7 Å². The van der Waals surface area contributed by atoms with Crippen molar-refractivity contribution in [1.82, 2.24) is 0 Å². The molecule has 0 spiro atoms. The summed E-state index contributed by atoms with van der Waals surface area (Å²) < 4.78 is 0.524. The molecule has 1 atom stereocenters. The molecule has 1 aromatic carbocycles. The van der Waals surface area contributed by atoms with Gasteiger partial charge in [0.2, 0.25) is 0 Å². The molecule has 19 heavy (non-hydrogen) atoms. The van der Waals surface area contributed by atoms with E-state index in [4.69, 9.17) is 0 Å². The topological polar surface area (TPSA) is 55.2 Å². The molecular formula is C14H19BrN2O2. The third-order valence-corrected chi connectivity index (χ3v) is 4.63. The summed E-state index contributed by atoms with van der Waals surface area (Å²) in [5.74, 6) is 0. The van der Waals surface area contributed by atoms with Crippen molar-refractivity contribution in [3.63, 3.8) is 0 Å². The highest BCUT2D eigenvalue weighted by molar-refractivity contribution is 9.10. The smallest absolute Gasteiger partial charge is 0.283 e. The number of nitro groups is 1. The van der Waals surface area contributed by atoms with Crippen molar-refractivity contribution >= 4 is 27.3 Å². The molecule has 0 bridgehead atoms. The Balaban J connectivity index is 2.15. The maximum absolute atomic E-state index is 10.8. The monoisotopic (exact) mass is 326 g/mol. The Kier molecular flexibility index (Phi) is 4.13. The molecule has 0 saturated heterocycles. The molecule has 0 heterocycles. The van der Waals surface area contributed by atoms with Gasteiger partial charge in [-0.05, 0) is 46.3 Å². The first-order chi connectivity index (χ1) is 8.90. The molecule has 1 aliphatic rings. The average molecular weight is 327 g/mol. The summed E-state index contributed by atoms with van der Waals surface area (Å²) in [4.78, 5) is 10.4. The van der Waals surface area contributed by atoms with Crippen molar-refractivity contribution in [3.05, 3.63) is 32.8 Å². The predicted molar refractivity (Wildman–Crippen MR) is 80.5 cm³/mol. The van der Waals surface area contributed by atoms with E-state index in [0.717, 1.165) is 12.1 Å². The SMILES string of the molecule is CC1(C)CCCCC1Nc1ccc([N+](=O)[O-])c(Br)c1. The lowest BCUT2D eigenvalue weighted by molar-refractivity contribution is -0.385. The van der Waals surface area contributed by atoms with Crippen molar-refractivity contribution in [2.75, 3.05) is 5.32 Å². The number of halogens is 1. The third kappa shape index (κ3) is 3.26. The summed E-state index contributed by atoms with van der Waals surface area (Å²) >= 11 is 3.26. The van der Waals surface area contributed by atoms with Crippen molar-refractivity contribution < 1.29 is 4.92 Å². The van der Waals surface area contributed by atoms with Gasteiger partial charge in [0.1, 0.15) is 0 Å². The molecule has 0 radical (unpaired) electrons. The van der Waals surface area contributed by atoms with Crippen LogP contribution in [-0.2, 0) is 0 Å². The molecule has 1 N–H and O–H groups in total. The van der Waals surface area contributed by atoms with E-state index in [2.05, 4.69) is 35.1 Å². The van der Waals surface area contributed by atoms with Crippen LogP contribution in [0.3, 0.4) is 0 Å². The van der Waals surface area contributed by atoms with E-state index < -0.39 is 0 Å². The first-order valence-electron chi connectivity index (χ1n) is 6.60. The highest BCUT2D eigenvalue weighted by Crippen LogP contribution is 2.38. The van der Waals surface area contributed by atoms with E-state index in [9.17, 15) is 10.1 Å². The maximum Gasteiger partial charge on any atom is 0.283 e. The summed E-state index contributed by atoms with van der Waals surface area (Å²) in [5, 5.41) is 14.3. The molecule has 0 aromatic heterocycles. The fourth-order valence-electron chi connectivity index (χ4n) is 2.71. The lowest BCUT2D eigenvalue weighted by Gasteiger charge is -2.39. The molecule has 1 fully saturated rings. The van der Waals surface area contributed by atoms with Gasteiger partial charge in [0.25, 0.3) is 5.69 Å². The van der Waals surface area contributed by atoms with E-state index in [0.29, 0.717) is 10.5 Å². The second-order valence-electron chi connectivity index (χ2n) is 5.85. The van der Waals surface area contributed by atoms with Crippen LogP contribution in [0.5, 0.6) is 0 Å². The van der Waals surface area contributed by atoms with Gasteiger partial charge >= 0.3 is 0 Å². The molecule has 4 nitrogen and oxygen atoms in total. The van der Waals surface area contributed by atoms with Crippen LogP contribution in [-0.4, -0.2) is 11.0 Å². The Bertz CT molecular complexity index is 488. The quantitative estimate of drug-likeness (QED) is 0.644. The zero-order valence-corrected chi connectivity index (χ0v) is 12.9. The number of benzene rings is 1. The molecule has 2 rings (SSSR count). The van der Waals surface area contributed by atoms with E-state index in [-0.39, 0.29) is 16.0 Å². The van der Waals surface area contributed by atoms with E-state index in [1.165, 1.54) is 19.3 Å². The Morgan fingerprint density at radius 3 is 2.74 bits per heavy atom. The van der Waals surface area contributed by atoms with E-state index in [1.807, 2.05) is 0 Å². The second-order valence-corrected chi connectivity index (χ2v) is 6.71. The Labute approximate surface area is 121 Å². The molecule has 0 amide bonds. The number of nitrogens with zero attached hydrogens (tertiary/aromatic N) is 1. The number of nitro benzene ring substituents is 1. The fraction of sp³-hybridized carbons (Fsp3) is 0.571. The van der Waals surface area contributed by atoms with Gasteiger partial charge in [-0.3, -0.25) is 10.1 Å². The van der Waals surface area contributed by atoms with Gasteiger partial charge < -0.3 is 5.32 Å². The zero-order chi connectivity index (χ0) is 14.0. The van der Waals surface area contributed by atoms with Crippen LogP contribution in [0.1, 0.15) is 39.5 Å². The number of anilines is 1. The van der Waals surface area contributed by atoms with Crippen LogP contribution in [0.2, 0.25) is 0 Å². The van der Waals surface area contributed by atoms with Gasteiger partial charge in [0, 0.05) is 17.8 Å². The van der Waals surface area contributed by atoms with Gasteiger partial charge in [-0.1, -0.05) is 26.7 Å². The number of rotatable bonds is 3. The standard InChI is InChI=1S/C14H19BrN2O2/c1-14(2)8-4-3-5-13(14)16-10-6-7-12(17(18)19)11(15)9-10/h6-7,9,13,16H,3-5,8H2,1-2H3. The number of nitrogens with one attached hydrogen (secondary N) is 1. The van der Waals surface area contributed by atoms with Crippen LogP contribution in [0, 0.1) is 15.5 Å². The first kappa shape index (κ1) is 14.3. The minimum atomic E-state index is -0.377. The fourth-order valence-corrected chi connectivity index (χ4v) is 3.23. The van der Waals surface area contributed by atoms with Crippen LogP contribution < -0.4 is 5.32 Å². The summed E-state index contributed by atoms with van der Waals surface area (Å²) in [7, 11) is 0. The minimum absolute atomic E-state index is 0.105. The second kappa shape index (κ2) is 5.49. The lowest BCUT2D eigenvalue weighted by atomic mass is 9.73. The molecular weight excluding hydrogens is 308 g/mol. The number of hydrogen-bond acceptors (Lipinski definition) is 3. The highest BCUT2D eigenvalue weighted by atomic mass is 79.9. The van der Waals surface area contributed by atoms with Gasteiger partial charge in [-0.25, -0.2) is 0 Å². The van der Waals surface area contributed by atoms with Crippen molar-refractivity contribution in [2.45, 2.75) is 45.6 Å². The third-order valence-electron chi connectivity index (χ3n) is 3.99. The van der Waals surface area contributed by atoms with Crippen molar-refractivity contribution in [3.8, 4) is 0 Å². The molecule has 5 heteroatoms. The number of hydrogen-bond donors (Lipinski definition) is 1. The molecule has 1 unspecified atom stereocenters. The van der Waals surface area contributed by atoms with Gasteiger partial charge in [0.05, 0.1) is 9.40 Å². The van der Waals surface area contributed by atoms with Gasteiger partial charge in [0.15, 0.2) is 0 Å². The maximum atomic E-state index is 10.8. The van der Waals surface area contributed by atoms with Crippen LogP contribution in [0.4, 0.5) is 11.4 Å². The van der Waals surface area contributed by atoms with Gasteiger partial charge in [-0.2, -0.15) is 0 Å². The molecule has 1 aromatic rings. The predicted octanol–water partition coefficient (Wildman–Crippen LogP) is 4.74. The normalized spacial score (nSPS) is 21.9. The summed E-state index contributed by atoms with van der Waals surface area (Å²) in [6.07, 6.45) is 4.91. The summed E-state index contributed by atoms with van der Waals surface area (Å²) in [6, 6.07) is 5.55. The van der Waals surface area contributed by atoms with E-state index >= 15 is 0 Å². The summed E-state index contributed by atoms with van der Waals surface area (Å²) in [5.41, 5.74) is 1.32. The zero-order valence-electron chi connectivity index (χ0n) is 11.3. The largest absolute Gasteiger partial charge is 0.382 e. The van der Waals surface area contributed by atoms with Crippen molar-refractivity contribution in [2.24, 2.45) is 5.41 Å². The minimum Gasteiger partial charge on any atom is -0.382 e. The summed E-state index contributed by atoms with van der Waals surface area (Å²) in [6.45, 7) is 4.56. The average Bonchev–Trinajstić information content (AvgIpc) is 2.31. The molecule has 1 aliphatic carbocycles. The molecule has 0 aliphatic heterocycles. The lowest BCUT2D eigenvalue weighted by Crippen LogP contribution is -2.38. The first-order valence-corrected chi connectivity index (χ1v) is 7.40. The van der Waals surface area contributed by atoms with Gasteiger partial charge in [-0.15, -0.1) is 0 Å². The molecule has 1 saturated carbocycles. The van der Waals surface area contributed by atoms with Crippen LogP contribution >= 0.6 is 15.9 Å². The van der Waals surface area contributed by atoms with E-state index in [1.54, 1.807) is 18.2 Å².